The highest BCUT2D eigenvalue weighted by molar-refractivity contribution is 5.73. The smallest absolute Gasteiger partial charge is 0.0931 e. The fourth-order valence-corrected chi connectivity index (χ4v) is 0.880. The largest absolute Gasteiger partial charge is 0.345 e. The number of imidazole rings is 1. The van der Waals surface area contributed by atoms with Crippen molar-refractivity contribution in [2.45, 2.75) is 0 Å². The van der Waals surface area contributed by atoms with E-state index < -0.39 is 0 Å². The van der Waals surface area contributed by atoms with Gasteiger partial charge >= 0.3 is 0 Å². The second-order valence-corrected chi connectivity index (χ2v) is 1.92. The first-order valence-electron chi connectivity index (χ1n) is 2.85. The summed E-state index contributed by atoms with van der Waals surface area (Å²) in [6.07, 6.45) is 1.70. The second-order valence-electron chi connectivity index (χ2n) is 1.92. The maximum atomic E-state index is 4.06. The normalized spacial score (nSPS) is 8.36. The lowest BCUT2D eigenvalue weighted by molar-refractivity contribution is 1.34. The molecule has 4 heteroatoms. The Hall–Kier alpha value is -1.39. The Morgan fingerprint density at radius 3 is 2.55 bits per heavy atom. The number of fused-ring (bicyclic) bond motifs is 1. The van der Waals surface area contributed by atoms with E-state index in [1.54, 1.807) is 6.33 Å². The van der Waals surface area contributed by atoms with E-state index in [1.807, 2.05) is 24.3 Å². The van der Waals surface area contributed by atoms with Gasteiger partial charge in [0, 0.05) is 0 Å². The molecule has 2 aromatic rings. The summed E-state index contributed by atoms with van der Waals surface area (Å²) in [7, 11) is 0. The number of rotatable bonds is 0. The van der Waals surface area contributed by atoms with Crippen LogP contribution in [0, 0.1) is 0 Å². The van der Waals surface area contributed by atoms with Crippen molar-refractivity contribution >= 4 is 11.0 Å². The topological polar surface area (TPSA) is 98.7 Å². The summed E-state index contributed by atoms with van der Waals surface area (Å²) in [5.74, 6) is 0. The standard InChI is InChI=1S/C7H6N2.2H3N/c1-2-4-7-6(3-1)8-5-9-7;;/h1-5H,(H,8,9);2*1H3. The Balaban J connectivity index is 0.000000500. The van der Waals surface area contributed by atoms with Gasteiger partial charge in [0.05, 0.1) is 17.4 Å². The zero-order valence-electron chi connectivity index (χ0n) is 6.25. The number of H-pyrrole nitrogens is 1. The van der Waals surface area contributed by atoms with Crippen molar-refractivity contribution in [1.82, 2.24) is 22.3 Å². The Labute approximate surface area is 64.8 Å². The molecule has 11 heavy (non-hydrogen) atoms. The van der Waals surface area contributed by atoms with Crippen molar-refractivity contribution in [3.05, 3.63) is 30.6 Å². The number of hydrogen-bond donors (Lipinski definition) is 3. The molecule has 0 aliphatic rings. The highest BCUT2D eigenvalue weighted by Gasteiger charge is 1.88. The molecule has 0 aliphatic heterocycles. The fraction of sp³-hybridized carbons (Fsp3) is 0. The van der Waals surface area contributed by atoms with Crippen LogP contribution in [0.25, 0.3) is 11.0 Å². The monoisotopic (exact) mass is 152 g/mol. The predicted octanol–water partition coefficient (Wildman–Crippen LogP) is 1.89. The summed E-state index contributed by atoms with van der Waals surface area (Å²) < 4.78 is 0. The van der Waals surface area contributed by atoms with Crippen LogP contribution in [-0.2, 0) is 0 Å². The van der Waals surface area contributed by atoms with Gasteiger partial charge in [-0.3, -0.25) is 0 Å². The maximum absolute atomic E-state index is 4.06. The van der Waals surface area contributed by atoms with Crippen LogP contribution in [0.2, 0.25) is 0 Å². The van der Waals surface area contributed by atoms with E-state index >= 15 is 0 Å². The predicted molar refractivity (Wildman–Crippen MR) is 46.1 cm³/mol. The van der Waals surface area contributed by atoms with Crippen molar-refractivity contribution < 1.29 is 0 Å². The summed E-state index contributed by atoms with van der Waals surface area (Å²) in [5.41, 5.74) is 2.12. The fourth-order valence-electron chi connectivity index (χ4n) is 0.880. The Kier molecular flexibility index (Phi) is 3.23. The number of benzene rings is 1. The molecule has 1 heterocycles. The molecule has 0 unspecified atom stereocenters. The number of hydrogen-bond acceptors (Lipinski definition) is 3. The maximum Gasteiger partial charge on any atom is 0.0931 e. The summed E-state index contributed by atoms with van der Waals surface area (Å²) >= 11 is 0. The molecular formula is C7H12N4. The molecule has 1 aromatic heterocycles. The molecule has 0 spiro atoms. The van der Waals surface area contributed by atoms with E-state index in [4.69, 9.17) is 0 Å². The minimum atomic E-state index is 0. The number of aromatic amines is 1. The van der Waals surface area contributed by atoms with Crippen molar-refractivity contribution in [3.8, 4) is 0 Å². The van der Waals surface area contributed by atoms with Gasteiger partial charge in [-0.25, -0.2) is 4.98 Å². The number of nitrogens with zero attached hydrogens (tertiary/aromatic N) is 1. The first-order valence-corrected chi connectivity index (χ1v) is 2.85. The van der Waals surface area contributed by atoms with Gasteiger partial charge in [-0.2, -0.15) is 0 Å². The van der Waals surface area contributed by atoms with E-state index in [9.17, 15) is 0 Å². The lowest BCUT2D eigenvalue weighted by atomic mass is 10.3. The molecule has 1 aromatic carbocycles. The molecular weight excluding hydrogens is 140 g/mol. The zero-order chi connectivity index (χ0) is 6.10. The van der Waals surface area contributed by atoms with Crippen LogP contribution in [0.3, 0.4) is 0 Å². The third kappa shape index (κ3) is 1.54. The van der Waals surface area contributed by atoms with Crippen LogP contribution in [0.15, 0.2) is 30.6 Å². The van der Waals surface area contributed by atoms with Crippen molar-refractivity contribution in [3.63, 3.8) is 0 Å². The summed E-state index contributed by atoms with van der Waals surface area (Å²) in [6.45, 7) is 0. The average Bonchev–Trinajstić information content (AvgIpc) is 2.33. The molecule has 0 aliphatic carbocycles. The van der Waals surface area contributed by atoms with Gasteiger partial charge in [-0.1, -0.05) is 12.1 Å². The minimum absolute atomic E-state index is 0. The summed E-state index contributed by atoms with van der Waals surface area (Å²) in [6, 6.07) is 7.94. The lowest BCUT2D eigenvalue weighted by Crippen LogP contribution is -1.63. The number of para-hydroxylation sites is 2. The molecule has 7 N–H and O–H groups in total. The lowest BCUT2D eigenvalue weighted by Gasteiger charge is -1.81. The van der Waals surface area contributed by atoms with E-state index in [2.05, 4.69) is 9.97 Å². The molecule has 0 amide bonds. The SMILES string of the molecule is N.N.c1ccc2[nH]cnc2c1. The third-order valence-corrected chi connectivity index (χ3v) is 1.33. The van der Waals surface area contributed by atoms with Crippen LogP contribution >= 0.6 is 0 Å². The molecule has 0 saturated heterocycles. The van der Waals surface area contributed by atoms with Gasteiger partial charge in [0.2, 0.25) is 0 Å². The Morgan fingerprint density at radius 1 is 1.09 bits per heavy atom. The van der Waals surface area contributed by atoms with Crippen LogP contribution < -0.4 is 12.3 Å². The van der Waals surface area contributed by atoms with E-state index in [0.29, 0.717) is 0 Å². The minimum Gasteiger partial charge on any atom is -0.345 e. The van der Waals surface area contributed by atoms with E-state index in [0.717, 1.165) is 11.0 Å². The number of nitrogens with one attached hydrogen (secondary N) is 1. The molecule has 0 fully saturated rings. The zero-order valence-corrected chi connectivity index (χ0v) is 6.25. The summed E-state index contributed by atoms with van der Waals surface area (Å²) in [4.78, 5) is 7.07. The van der Waals surface area contributed by atoms with E-state index in [1.165, 1.54) is 0 Å². The van der Waals surface area contributed by atoms with Crippen molar-refractivity contribution in [2.75, 3.05) is 0 Å². The molecule has 60 valence electrons. The van der Waals surface area contributed by atoms with Gasteiger partial charge in [-0.15, -0.1) is 0 Å². The van der Waals surface area contributed by atoms with Gasteiger partial charge in [0.15, 0.2) is 0 Å². The molecule has 4 nitrogen and oxygen atoms in total. The van der Waals surface area contributed by atoms with Crippen molar-refractivity contribution in [1.29, 1.82) is 0 Å². The molecule has 0 bridgehead atoms. The molecule has 0 radical (unpaired) electrons. The van der Waals surface area contributed by atoms with Gasteiger partial charge in [-0.05, 0) is 12.1 Å². The van der Waals surface area contributed by atoms with Gasteiger partial charge in [0.1, 0.15) is 0 Å². The van der Waals surface area contributed by atoms with Crippen LogP contribution in [0.1, 0.15) is 0 Å². The Bertz CT molecular complexity index is 284. The van der Waals surface area contributed by atoms with E-state index in [-0.39, 0.29) is 12.3 Å². The van der Waals surface area contributed by atoms with Crippen LogP contribution in [0.4, 0.5) is 0 Å². The van der Waals surface area contributed by atoms with Crippen LogP contribution in [-0.4, -0.2) is 9.97 Å². The first-order chi connectivity index (χ1) is 4.47. The molecule has 0 saturated carbocycles. The number of aromatic nitrogens is 2. The average molecular weight is 152 g/mol. The van der Waals surface area contributed by atoms with Gasteiger partial charge < -0.3 is 17.3 Å². The summed E-state index contributed by atoms with van der Waals surface area (Å²) in [5, 5.41) is 0. The Morgan fingerprint density at radius 2 is 1.82 bits per heavy atom. The second kappa shape index (κ2) is 3.70. The van der Waals surface area contributed by atoms with Crippen molar-refractivity contribution in [2.24, 2.45) is 0 Å². The molecule has 0 atom stereocenters. The quantitative estimate of drug-likeness (QED) is 0.537. The first kappa shape index (κ1) is 9.61. The highest BCUT2D eigenvalue weighted by atomic mass is 14.9. The highest BCUT2D eigenvalue weighted by Crippen LogP contribution is 2.05. The van der Waals surface area contributed by atoms with Crippen LogP contribution in [0.5, 0.6) is 0 Å². The third-order valence-electron chi connectivity index (χ3n) is 1.33. The molecule has 2 rings (SSSR count). The van der Waals surface area contributed by atoms with Gasteiger partial charge in [0.25, 0.3) is 0 Å².